The van der Waals surface area contributed by atoms with Gasteiger partial charge in [-0.05, 0) is 98.2 Å². The molecule has 0 aromatic heterocycles. The minimum absolute atomic E-state index is 0.126. The first kappa shape index (κ1) is 45.4. The summed E-state index contributed by atoms with van der Waals surface area (Å²) in [6.45, 7) is 6.05. The van der Waals surface area contributed by atoms with Crippen LogP contribution in [0.2, 0.25) is 0 Å². The number of rotatable bonds is 8. The van der Waals surface area contributed by atoms with Crippen molar-refractivity contribution in [3.05, 3.63) is 0 Å². The van der Waals surface area contributed by atoms with Crippen LogP contribution in [0.1, 0.15) is 85.0 Å². The van der Waals surface area contributed by atoms with Crippen molar-refractivity contribution in [3.63, 3.8) is 0 Å². The molecule has 9 aliphatic rings. The Balaban J connectivity index is 0.849. The molecule has 4 aliphatic carbocycles. The van der Waals surface area contributed by atoms with Crippen molar-refractivity contribution in [2.75, 3.05) is 26.4 Å². The van der Waals surface area contributed by atoms with Gasteiger partial charge in [-0.25, -0.2) is 0 Å². The third kappa shape index (κ3) is 7.48. The molecule has 0 aromatic rings. The van der Waals surface area contributed by atoms with Gasteiger partial charge in [-0.3, -0.25) is 0 Å². The number of hydrogen-bond acceptors (Lipinski definition) is 18. The second kappa shape index (κ2) is 17.2. The smallest absolute Gasteiger partial charge is 0.187 e. The second-order valence-corrected chi connectivity index (χ2v) is 20.6. The van der Waals surface area contributed by atoms with Crippen LogP contribution in [0, 0.1) is 46.3 Å². The van der Waals surface area contributed by atoms with Crippen LogP contribution in [0.4, 0.5) is 0 Å². The summed E-state index contributed by atoms with van der Waals surface area (Å²) in [4.78, 5) is 0. The Bertz CT molecular complexity index is 1520. The number of ether oxygens (including phenoxy) is 8. The van der Waals surface area contributed by atoms with Crippen LogP contribution in [-0.4, -0.2) is 188 Å². The van der Waals surface area contributed by atoms with Crippen LogP contribution in [-0.2, 0) is 37.9 Å². The number of hydrogen-bond donors (Lipinski definition) is 10. The minimum atomic E-state index is -1.82. The van der Waals surface area contributed by atoms with Gasteiger partial charge in [-0.2, -0.15) is 0 Å². The van der Waals surface area contributed by atoms with Crippen LogP contribution in [0.25, 0.3) is 0 Å². The summed E-state index contributed by atoms with van der Waals surface area (Å²) in [5.41, 5.74) is 0.0517. The number of aliphatic hydroxyl groups is 10. The largest absolute Gasteiger partial charge is 0.394 e. The van der Waals surface area contributed by atoms with Crippen molar-refractivity contribution in [2.45, 2.75) is 195 Å². The van der Waals surface area contributed by atoms with E-state index in [-0.39, 0.29) is 22.9 Å². The molecule has 18 nitrogen and oxygen atoms in total. The lowest BCUT2D eigenvalue weighted by molar-refractivity contribution is -0.386. The highest BCUT2D eigenvalue weighted by Gasteiger charge is 2.69. The Hall–Kier alpha value is -0.720. The van der Waals surface area contributed by atoms with Crippen molar-refractivity contribution in [1.82, 2.24) is 0 Å². The summed E-state index contributed by atoms with van der Waals surface area (Å²) < 4.78 is 48.4. The van der Waals surface area contributed by atoms with Crippen molar-refractivity contribution >= 4 is 0 Å². The van der Waals surface area contributed by atoms with Gasteiger partial charge in [0.1, 0.15) is 67.1 Å². The van der Waals surface area contributed by atoms with E-state index >= 15 is 0 Å². The van der Waals surface area contributed by atoms with E-state index in [2.05, 4.69) is 20.8 Å². The highest BCUT2D eigenvalue weighted by atomic mass is 16.8. The Morgan fingerprint density at radius 3 is 2.07 bits per heavy atom. The molecule has 61 heavy (non-hydrogen) atoms. The fraction of sp³-hybridized carbons (Fsp3) is 1.00. The van der Waals surface area contributed by atoms with Gasteiger partial charge >= 0.3 is 0 Å². The first-order valence-electron chi connectivity index (χ1n) is 22.9. The number of fused-ring (bicyclic) bond motifs is 7. The zero-order valence-electron chi connectivity index (χ0n) is 35.4. The average Bonchev–Trinajstić information content (AvgIpc) is 3.68. The maximum Gasteiger partial charge on any atom is 0.187 e. The average molecular weight is 875 g/mol. The lowest BCUT2D eigenvalue weighted by Gasteiger charge is -2.62. The molecule has 5 heterocycles. The molecule has 9 rings (SSSR count). The van der Waals surface area contributed by atoms with Gasteiger partial charge in [0.25, 0.3) is 0 Å². The van der Waals surface area contributed by atoms with Crippen LogP contribution in [0.15, 0.2) is 0 Å². The lowest BCUT2D eigenvalue weighted by atomic mass is 9.44. The standard InChI is InChI=1S/C43H70O18/c1-18-29-26(61-43(18)9-4-5-11-55-43)13-22-20-7-6-19-12-25(23(46)14-42(19,3)21(20)8-10-41(22,29)2)56-39-35(53)33(51)36(28(16-45)58-39)59-40-37(32(50)31(49)27(15-44)57-40)60-38-34(52)30(48)24(47)17-54-38/h18-40,44-53H,4-17H2,1-3H3/t18-,19-,20+,21-,22-,23+,24+,25+,26-,27+,28+,29-,30-,31+,32-,33+,34+,35+,36-,37+,38-,39+,40+,41-,42-,43+/m0/s1. The van der Waals surface area contributed by atoms with Gasteiger partial charge < -0.3 is 89.0 Å². The summed E-state index contributed by atoms with van der Waals surface area (Å²) in [5.74, 6) is 2.15. The first-order valence-corrected chi connectivity index (χ1v) is 22.9. The summed E-state index contributed by atoms with van der Waals surface area (Å²) in [5, 5.41) is 107. The zero-order valence-corrected chi connectivity index (χ0v) is 35.4. The Kier molecular flexibility index (Phi) is 12.8. The van der Waals surface area contributed by atoms with Crippen molar-refractivity contribution in [3.8, 4) is 0 Å². The molecule has 0 aromatic carbocycles. The van der Waals surface area contributed by atoms with E-state index in [0.29, 0.717) is 42.4 Å². The van der Waals surface area contributed by atoms with E-state index in [0.717, 1.165) is 58.0 Å². The molecule has 0 amide bonds. The molecule has 0 unspecified atom stereocenters. The molecule has 0 bridgehead atoms. The van der Waals surface area contributed by atoms with Gasteiger partial charge in [0, 0.05) is 12.3 Å². The van der Waals surface area contributed by atoms with Gasteiger partial charge in [-0.15, -0.1) is 0 Å². The molecule has 5 aliphatic heterocycles. The van der Waals surface area contributed by atoms with Crippen LogP contribution >= 0.6 is 0 Å². The topological polar surface area (TPSA) is 276 Å². The van der Waals surface area contributed by atoms with E-state index in [9.17, 15) is 51.1 Å². The highest BCUT2D eigenvalue weighted by molar-refractivity contribution is 5.16. The predicted octanol–water partition coefficient (Wildman–Crippen LogP) is -1.37. The monoisotopic (exact) mass is 874 g/mol. The molecule has 9 fully saturated rings. The second-order valence-electron chi connectivity index (χ2n) is 20.6. The summed E-state index contributed by atoms with van der Waals surface area (Å²) in [6, 6.07) is 0. The molecule has 5 saturated heterocycles. The molecular weight excluding hydrogens is 804 g/mol. The molecular formula is C43H70O18. The highest BCUT2D eigenvalue weighted by Crippen LogP contribution is 2.71. The van der Waals surface area contributed by atoms with Gasteiger partial charge in [-0.1, -0.05) is 20.8 Å². The van der Waals surface area contributed by atoms with Crippen LogP contribution < -0.4 is 0 Å². The fourth-order valence-electron chi connectivity index (χ4n) is 14.4. The van der Waals surface area contributed by atoms with E-state index in [1.807, 2.05) is 0 Å². The Morgan fingerprint density at radius 2 is 1.34 bits per heavy atom. The third-order valence-electron chi connectivity index (χ3n) is 17.6. The van der Waals surface area contributed by atoms with E-state index in [1.165, 1.54) is 0 Å². The molecule has 26 atom stereocenters. The Labute approximate surface area is 356 Å². The Morgan fingerprint density at radius 1 is 0.639 bits per heavy atom. The third-order valence-corrected chi connectivity index (χ3v) is 17.6. The zero-order chi connectivity index (χ0) is 43.3. The van der Waals surface area contributed by atoms with Gasteiger partial charge in [0.15, 0.2) is 24.7 Å². The van der Waals surface area contributed by atoms with Crippen LogP contribution in [0.3, 0.4) is 0 Å². The summed E-state index contributed by atoms with van der Waals surface area (Å²) >= 11 is 0. The molecule has 350 valence electrons. The maximum atomic E-state index is 11.8. The first-order chi connectivity index (χ1) is 29.0. The van der Waals surface area contributed by atoms with Gasteiger partial charge in [0.05, 0.1) is 44.7 Å². The minimum Gasteiger partial charge on any atom is -0.394 e. The molecule has 18 heteroatoms. The fourth-order valence-corrected chi connectivity index (χ4v) is 14.4. The predicted molar refractivity (Wildman–Crippen MR) is 206 cm³/mol. The molecule has 1 spiro atoms. The summed E-state index contributed by atoms with van der Waals surface area (Å²) in [6.07, 6.45) is -14.5. The van der Waals surface area contributed by atoms with E-state index in [4.69, 9.17) is 37.9 Å². The lowest BCUT2D eigenvalue weighted by Crippen LogP contribution is -2.66. The number of aliphatic hydroxyl groups excluding tert-OH is 10. The molecule has 10 N–H and O–H groups in total. The van der Waals surface area contributed by atoms with Gasteiger partial charge in [0.2, 0.25) is 0 Å². The maximum absolute atomic E-state index is 11.8. The van der Waals surface area contributed by atoms with Crippen LogP contribution in [0.5, 0.6) is 0 Å². The normalized spacial score (nSPS) is 58.5. The molecule has 0 radical (unpaired) electrons. The van der Waals surface area contributed by atoms with Crippen molar-refractivity contribution in [1.29, 1.82) is 0 Å². The van der Waals surface area contributed by atoms with E-state index in [1.54, 1.807) is 0 Å². The van der Waals surface area contributed by atoms with Crippen molar-refractivity contribution < 1.29 is 89.0 Å². The quantitative estimate of drug-likeness (QED) is 0.126. The molecule has 4 saturated carbocycles. The van der Waals surface area contributed by atoms with E-state index < -0.39 is 124 Å². The van der Waals surface area contributed by atoms with Crippen molar-refractivity contribution in [2.24, 2.45) is 46.3 Å². The SMILES string of the molecule is C[C@H]1[C@H]2[C@H](C[C@H]3[C@@H]4CC[C@H]5C[C@@H](O[C@@H]6O[C@H](CO)[C@H](O[C@H]7O[C@H](CO)[C@@H](O)[C@H](O)[C@H]7O[C@@H]7OC[C@@H](O)[C@H](O)[C@H]7O)[C@H](O)[C@H]6O)[C@H](O)C[C@]5(C)[C@H]4CC[C@]23C)O[C@]12CCCCO2. The summed E-state index contributed by atoms with van der Waals surface area (Å²) in [7, 11) is 0.